The number of H-pyrrole nitrogens is 1. The lowest BCUT2D eigenvalue weighted by Crippen LogP contribution is -2.61. The van der Waals surface area contributed by atoms with Crippen molar-refractivity contribution in [2.24, 2.45) is 0 Å². The van der Waals surface area contributed by atoms with Gasteiger partial charge in [0.2, 0.25) is 5.88 Å². The van der Waals surface area contributed by atoms with Gasteiger partial charge in [-0.25, -0.2) is 0 Å². The number of rotatable bonds is 2. The van der Waals surface area contributed by atoms with Gasteiger partial charge in [0, 0.05) is 13.1 Å². The van der Waals surface area contributed by atoms with Gasteiger partial charge < -0.3 is 10.1 Å². The summed E-state index contributed by atoms with van der Waals surface area (Å²) < 4.78 is 5.89. The van der Waals surface area contributed by atoms with Crippen molar-refractivity contribution in [3.05, 3.63) is 24.3 Å². The van der Waals surface area contributed by atoms with Crippen LogP contribution in [0.4, 0.5) is 0 Å². The summed E-state index contributed by atoms with van der Waals surface area (Å²) in [6, 6.07) is 7.99. The van der Waals surface area contributed by atoms with Gasteiger partial charge in [0.15, 0.2) is 0 Å². The van der Waals surface area contributed by atoms with Gasteiger partial charge in [-0.3, -0.25) is 5.10 Å². The molecule has 1 aliphatic rings. The highest BCUT2D eigenvalue weighted by atomic mass is 16.5. The molecule has 15 heavy (non-hydrogen) atoms. The fraction of sp³-hybridized carbons (Fsp3) is 0.364. The molecule has 0 radical (unpaired) electrons. The highest BCUT2D eigenvalue weighted by Gasteiger charge is 2.34. The van der Waals surface area contributed by atoms with Crippen molar-refractivity contribution in [1.29, 1.82) is 0 Å². The van der Waals surface area contributed by atoms with Gasteiger partial charge in [-0.1, -0.05) is 12.1 Å². The molecule has 0 spiro atoms. The average molecular weight is 203 g/mol. The summed E-state index contributed by atoms with van der Waals surface area (Å²) in [6.07, 6.45) is 0. The van der Waals surface area contributed by atoms with E-state index in [0.717, 1.165) is 24.0 Å². The van der Waals surface area contributed by atoms with Crippen LogP contribution in [-0.4, -0.2) is 28.9 Å². The minimum absolute atomic E-state index is 0.0992. The predicted octanol–water partition coefficient (Wildman–Crippen LogP) is 1.30. The Bertz CT molecular complexity index is 487. The number of aromatic nitrogens is 2. The van der Waals surface area contributed by atoms with E-state index in [4.69, 9.17) is 4.74 Å². The van der Waals surface area contributed by atoms with Crippen LogP contribution in [0, 0.1) is 0 Å². The quantitative estimate of drug-likeness (QED) is 0.773. The average Bonchev–Trinajstić information content (AvgIpc) is 2.60. The van der Waals surface area contributed by atoms with Crippen LogP contribution in [0.15, 0.2) is 24.3 Å². The lowest BCUT2D eigenvalue weighted by atomic mass is 10.0. The van der Waals surface area contributed by atoms with Gasteiger partial charge in [0.1, 0.15) is 5.60 Å². The third-order valence-electron chi connectivity index (χ3n) is 2.78. The van der Waals surface area contributed by atoms with Crippen molar-refractivity contribution in [1.82, 2.24) is 15.5 Å². The van der Waals surface area contributed by atoms with E-state index in [1.807, 2.05) is 24.3 Å². The van der Waals surface area contributed by atoms with Crippen molar-refractivity contribution in [3.8, 4) is 5.88 Å². The van der Waals surface area contributed by atoms with E-state index in [-0.39, 0.29) is 5.60 Å². The Morgan fingerprint density at radius 2 is 2.13 bits per heavy atom. The minimum Gasteiger partial charge on any atom is -0.467 e. The molecule has 0 aliphatic carbocycles. The second-order valence-corrected chi connectivity index (χ2v) is 4.23. The first-order chi connectivity index (χ1) is 7.27. The first-order valence-corrected chi connectivity index (χ1v) is 5.10. The molecule has 0 bridgehead atoms. The molecule has 1 aromatic carbocycles. The van der Waals surface area contributed by atoms with Crippen LogP contribution in [0.3, 0.4) is 0 Å². The van der Waals surface area contributed by atoms with E-state index in [2.05, 4.69) is 22.4 Å². The lowest BCUT2D eigenvalue weighted by molar-refractivity contribution is 0.0318. The largest absolute Gasteiger partial charge is 0.467 e. The van der Waals surface area contributed by atoms with E-state index < -0.39 is 0 Å². The number of ether oxygens (including phenoxy) is 1. The maximum Gasteiger partial charge on any atom is 0.241 e. The number of hydrogen-bond donors (Lipinski definition) is 2. The molecular formula is C11H13N3O. The van der Waals surface area contributed by atoms with Crippen LogP contribution < -0.4 is 10.1 Å². The molecule has 3 rings (SSSR count). The third kappa shape index (κ3) is 1.37. The van der Waals surface area contributed by atoms with Gasteiger partial charge in [0.25, 0.3) is 0 Å². The van der Waals surface area contributed by atoms with Crippen LogP contribution in [0.25, 0.3) is 10.9 Å². The second-order valence-electron chi connectivity index (χ2n) is 4.23. The Labute approximate surface area is 87.6 Å². The smallest absolute Gasteiger partial charge is 0.241 e. The molecule has 1 aliphatic heterocycles. The van der Waals surface area contributed by atoms with Crippen LogP contribution in [0.2, 0.25) is 0 Å². The van der Waals surface area contributed by atoms with E-state index in [9.17, 15) is 0 Å². The van der Waals surface area contributed by atoms with Gasteiger partial charge in [0.05, 0.1) is 10.9 Å². The molecule has 2 N–H and O–H groups in total. The lowest BCUT2D eigenvalue weighted by Gasteiger charge is -2.38. The topological polar surface area (TPSA) is 49.9 Å². The van der Waals surface area contributed by atoms with Crippen LogP contribution in [0.1, 0.15) is 6.92 Å². The van der Waals surface area contributed by atoms with Crippen LogP contribution in [0.5, 0.6) is 5.88 Å². The normalized spacial score (nSPS) is 18.7. The molecule has 1 aromatic heterocycles. The van der Waals surface area contributed by atoms with E-state index in [1.165, 1.54) is 0 Å². The molecule has 1 saturated heterocycles. The van der Waals surface area contributed by atoms with E-state index in [0.29, 0.717) is 5.88 Å². The van der Waals surface area contributed by atoms with E-state index >= 15 is 0 Å². The second kappa shape index (κ2) is 2.97. The molecule has 2 heterocycles. The predicted molar refractivity (Wildman–Crippen MR) is 58.0 cm³/mol. The number of nitrogens with zero attached hydrogens (tertiary/aromatic N) is 1. The monoisotopic (exact) mass is 203 g/mol. The molecule has 4 heteroatoms. The zero-order valence-electron chi connectivity index (χ0n) is 8.58. The van der Waals surface area contributed by atoms with Gasteiger partial charge in [-0.15, -0.1) is 5.10 Å². The molecular weight excluding hydrogens is 190 g/mol. The number of nitrogens with one attached hydrogen (secondary N) is 2. The molecule has 2 aromatic rings. The third-order valence-corrected chi connectivity index (χ3v) is 2.78. The van der Waals surface area contributed by atoms with Crippen molar-refractivity contribution >= 4 is 10.9 Å². The molecule has 1 fully saturated rings. The number of hydrogen-bond acceptors (Lipinski definition) is 3. The van der Waals surface area contributed by atoms with Crippen molar-refractivity contribution < 1.29 is 4.74 Å². The summed E-state index contributed by atoms with van der Waals surface area (Å²) in [4.78, 5) is 0. The molecule has 0 atom stereocenters. The molecule has 0 unspecified atom stereocenters. The Morgan fingerprint density at radius 3 is 2.87 bits per heavy atom. The zero-order valence-corrected chi connectivity index (χ0v) is 8.58. The fourth-order valence-corrected chi connectivity index (χ4v) is 1.80. The highest BCUT2D eigenvalue weighted by Crippen LogP contribution is 2.27. The maximum atomic E-state index is 5.89. The minimum atomic E-state index is -0.0992. The van der Waals surface area contributed by atoms with Crippen molar-refractivity contribution in [2.75, 3.05) is 13.1 Å². The summed E-state index contributed by atoms with van der Waals surface area (Å²) >= 11 is 0. The standard InChI is InChI=1S/C11H13N3O/c1-11(6-12-7-11)15-10-8-4-2-3-5-9(8)13-14-10/h2-5,12H,6-7H2,1H3,(H,13,14). The number of fused-ring (bicyclic) bond motifs is 1. The fourth-order valence-electron chi connectivity index (χ4n) is 1.80. The highest BCUT2D eigenvalue weighted by molar-refractivity contribution is 5.83. The summed E-state index contributed by atoms with van der Waals surface area (Å²) in [7, 11) is 0. The van der Waals surface area contributed by atoms with Crippen molar-refractivity contribution in [2.45, 2.75) is 12.5 Å². The summed E-state index contributed by atoms with van der Waals surface area (Å²) in [5.41, 5.74) is 0.918. The zero-order chi connectivity index (χ0) is 10.3. The molecule has 0 saturated carbocycles. The molecule has 78 valence electrons. The first-order valence-electron chi connectivity index (χ1n) is 5.10. The van der Waals surface area contributed by atoms with Gasteiger partial charge >= 0.3 is 0 Å². The number of benzene rings is 1. The molecule has 4 nitrogen and oxygen atoms in total. The summed E-state index contributed by atoms with van der Waals surface area (Å²) in [6.45, 7) is 3.86. The maximum absolute atomic E-state index is 5.89. The number of aromatic amines is 1. The van der Waals surface area contributed by atoms with Gasteiger partial charge in [-0.2, -0.15) is 0 Å². The Kier molecular flexibility index (Phi) is 1.73. The molecule has 0 amide bonds. The SMILES string of the molecule is CC1(Oc2n[nH]c3ccccc23)CNC1. The Morgan fingerprint density at radius 1 is 1.33 bits per heavy atom. The van der Waals surface area contributed by atoms with E-state index in [1.54, 1.807) is 0 Å². The first kappa shape index (κ1) is 8.73. The van der Waals surface area contributed by atoms with Crippen molar-refractivity contribution in [3.63, 3.8) is 0 Å². The van der Waals surface area contributed by atoms with Gasteiger partial charge in [-0.05, 0) is 19.1 Å². The Hall–Kier alpha value is -1.55. The summed E-state index contributed by atoms with van der Waals surface area (Å²) in [5, 5.41) is 11.4. The Balaban J connectivity index is 1.97. The van der Waals surface area contributed by atoms with Crippen LogP contribution >= 0.6 is 0 Å². The number of para-hydroxylation sites is 1. The summed E-state index contributed by atoms with van der Waals surface area (Å²) in [5.74, 6) is 0.703. The van der Waals surface area contributed by atoms with Crippen LogP contribution in [-0.2, 0) is 0 Å².